The molecule has 0 aliphatic carbocycles. The van der Waals surface area contributed by atoms with E-state index in [1.54, 1.807) is 12.4 Å². The Kier molecular flexibility index (Phi) is 8.32. The van der Waals surface area contributed by atoms with Gasteiger partial charge in [-0.1, -0.05) is 38.1 Å². The van der Waals surface area contributed by atoms with Crippen molar-refractivity contribution in [2.45, 2.75) is 39.7 Å². The van der Waals surface area contributed by atoms with Crippen molar-refractivity contribution in [1.29, 1.82) is 0 Å². The van der Waals surface area contributed by atoms with E-state index in [9.17, 15) is 4.79 Å². The zero-order valence-corrected chi connectivity index (χ0v) is 20.6. The molecule has 0 spiro atoms. The zero-order chi connectivity index (χ0) is 24.5. The largest absolute Gasteiger partial charge is 0.489 e. The van der Waals surface area contributed by atoms with Gasteiger partial charge in [0.1, 0.15) is 0 Å². The van der Waals surface area contributed by atoms with E-state index in [1.807, 2.05) is 54.6 Å². The molecule has 1 amide bonds. The van der Waals surface area contributed by atoms with Crippen LogP contribution in [-0.2, 0) is 17.8 Å². The minimum atomic E-state index is -0.0110. The molecule has 0 atom stereocenters. The lowest BCUT2D eigenvalue weighted by Gasteiger charge is -2.27. The number of nitrogens with zero attached hydrogens (tertiary/aromatic N) is 3. The Balaban J connectivity index is 1.48. The van der Waals surface area contributed by atoms with Gasteiger partial charge in [0.25, 0.3) is 0 Å². The van der Waals surface area contributed by atoms with Crippen LogP contribution in [-0.4, -0.2) is 47.0 Å². The molecule has 0 saturated heterocycles. The summed E-state index contributed by atoms with van der Waals surface area (Å²) in [5.74, 6) is 1.88. The molecule has 1 aliphatic heterocycles. The number of aromatic nitrogens is 2. The summed E-state index contributed by atoms with van der Waals surface area (Å²) in [6.07, 6.45) is 6.14. The van der Waals surface area contributed by atoms with Gasteiger partial charge < -0.3 is 14.8 Å². The lowest BCUT2D eigenvalue weighted by molar-refractivity contribution is -0.122. The fraction of sp³-hybridized carbons (Fsp3) is 0.393. The van der Waals surface area contributed by atoms with E-state index < -0.39 is 0 Å². The SMILES string of the molecule is CC1(C)CCCN(CC(=O)NCCc2ccccn2)Cc2cccnc2Oc2ccccc2OC1. The van der Waals surface area contributed by atoms with Gasteiger partial charge in [0.05, 0.1) is 13.2 Å². The van der Waals surface area contributed by atoms with E-state index in [-0.39, 0.29) is 11.3 Å². The van der Waals surface area contributed by atoms with Crippen LogP contribution in [0.2, 0.25) is 0 Å². The molecular weight excluding hydrogens is 440 g/mol. The first kappa shape index (κ1) is 24.7. The van der Waals surface area contributed by atoms with Gasteiger partial charge in [-0.3, -0.25) is 14.7 Å². The summed E-state index contributed by atoms with van der Waals surface area (Å²) in [5, 5.41) is 3.04. The fourth-order valence-corrected chi connectivity index (χ4v) is 4.11. The Hall–Kier alpha value is -3.45. The zero-order valence-electron chi connectivity index (χ0n) is 20.6. The van der Waals surface area contributed by atoms with E-state index in [0.29, 0.717) is 50.0 Å². The van der Waals surface area contributed by atoms with Gasteiger partial charge in [-0.15, -0.1) is 0 Å². The second-order valence-corrected chi connectivity index (χ2v) is 9.70. The third kappa shape index (κ3) is 7.52. The minimum Gasteiger partial charge on any atom is -0.489 e. The third-order valence-electron chi connectivity index (χ3n) is 6.04. The van der Waals surface area contributed by atoms with E-state index in [4.69, 9.17) is 9.47 Å². The van der Waals surface area contributed by atoms with Gasteiger partial charge in [0.15, 0.2) is 11.5 Å². The fourth-order valence-electron chi connectivity index (χ4n) is 4.11. The summed E-state index contributed by atoms with van der Waals surface area (Å²) in [7, 11) is 0. The van der Waals surface area contributed by atoms with Gasteiger partial charge in [0.2, 0.25) is 11.8 Å². The highest BCUT2D eigenvalue weighted by atomic mass is 16.5. The molecule has 7 heteroatoms. The highest BCUT2D eigenvalue weighted by Crippen LogP contribution is 2.34. The summed E-state index contributed by atoms with van der Waals surface area (Å²) < 4.78 is 12.4. The van der Waals surface area contributed by atoms with E-state index >= 15 is 0 Å². The van der Waals surface area contributed by atoms with Crippen LogP contribution in [0.1, 0.15) is 37.9 Å². The predicted octanol–water partition coefficient (Wildman–Crippen LogP) is 4.63. The molecule has 0 bridgehead atoms. The van der Waals surface area contributed by atoms with Crippen molar-refractivity contribution < 1.29 is 14.3 Å². The van der Waals surface area contributed by atoms with Crippen LogP contribution < -0.4 is 14.8 Å². The number of pyridine rings is 2. The first-order valence-electron chi connectivity index (χ1n) is 12.2. The molecule has 3 aromatic rings. The van der Waals surface area contributed by atoms with Crippen LogP contribution >= 0.6 is 0 Å². The molecule has 1 aromatic carbocycles. The third-order valence-corrected chi connectivity index (χ3v) is 6.04. The maximum absolute atomic E-state index is 12.8. The van der Waals surface area contributed by atoms with Crippen molar-refractivity contribution in [1.82, 2.24) is 20.2 Å². The molecule has 0 saturated carbocycles. The summed E-state index contributed by atoms with van der Waals surface area (Å²) in [6, 6.07) is 17.4. The van der Waals surface area contributed by atoms with Gasteiger partial charge in [0, 0.05) is 43.2 Å². The van der Waals surface area contributed by atoms with Crippen molar-refractivity contribution in [2.75, 3.05) is 26.2 Å². The molecule has 4 rings (SSSR count). The number of rotatable bonds is 5. The van der Waals surface area contributed by atoms with Crippen LogP contribution in [0.5, 0.6) is 17.4 Å². The first-order chi connectivity index (χ1) is 17.0. The molecule has 0 unspecified atom stereocenters. The van der Waals surface area contributed by atoms with E-state index in [1.165, 1.54) is 0 Å². The molecular formula is C28H34N4O3. The number of hydrogen-bond donors (Lipinski definition) is 1. The Morgan fingerprint density at radius 1 is 1.03 bits per heavy atom. The summed E-state index contributed by atoms with van der Waals surface area (Å²) >= 11 is 0. The number of fused-ring (bicyclic) bond motifs is 2. The van der Waals surface area contributed by atoms with Crippen LogP contribution in [0, 0.1) is 5.41 Å². The second-order valence-electron chi connectivity index (χ2n) is 9.70. The van der Waals surface area contributed by atoms with Crippen molar-refractivity contribution in [3.63, 3.8) is 0 Å². The van der Waals surface area contributed by atoms with Crippen molar-refractivity contribution in [2.24, 2.45) is 5.41 Å². The number of nitrogens with one attached hydrogen (secondary N) is 1. The smallest absolute Gasteiger partial charge is 0.234 e. The maximum Gasteiger partial charge on any atom is 0.234 e. The lowest BCUT2D eigenvalue weighted by Crippen LogP contribution is -2.38. The van der Waals surface area contributed by atoms with Gasteiger partial charge >= 0.3 is 0 Å². The number of ether oxygens (including phenoxy) is 2. The van der Waals surface area contributed by atoms with Gasteiger partial charge in [-0.2, -0.15) is 0 Å². The number of carbonyl (C=O) groups excluding carboxylic acids is 1. The number of para-hydroxylation sites is 2. The topological polar surface area (TPSA) is 76.6 Å². The van der Waals surface area contributed by atoms with Crippen molar-refractivity contribution in [3.8, 4) is 17.4 Å². The van der Waals surface area contributed by atoms with E-state index in [2.05, 4.69) is 34.0 Å². The highest BCUT2D eigenvalue weighted by molar-refractivity contribution is 5.78. The Bertz CT molecular complexity index is 1100. The summed E-state index contributed by atoms with van der Waals surface area (Å²) in [5.41, 5.74) is 1.89. The number of amides is 1. The van der Waals surface area contributed by atoms with Crippen molar-refractivity contribution >= 4 is 5.91 Å². The number of carbonyl (C=O) groups is 1. The molecule has 3 heterocycles. The Labute approximate surface area is 207 Å². The van der Waals surface area contributed by atoms with Crippen molar-refractivity contribution in [3.05, 3.63) is 78.2 Å². The molecule has 0 radical (unpaired) electrons. The van der Waals surface area contributed by atoms with Crippen LogP contribution in [0.4, 0.5) is 0 Å². The Morgan fingerprint density at radius 2 is 1.83 bits per heavy atom. The summed E-state index contributed by atoms with van der Waals surface area (Å²) in [6.45, 7) is 7.23. The monoisotopic (exact) mass is 474 g/mol. The predicted molar refractivity (Wildman–Crippen MR) is 135 cm³/mol. The second kappa shape index (κ2) is 11.8. The molecule has 2 aromatic heterocycles. The van der Waals surface area contributed by atoms with Crippen LogP contribution in [0.15, 0.2) is 67.0 Å². The molecule has 184 valence electrons. The standard InChI is InChI=1S/C28H34N4O3/c1-28(2)14-8-18-32(20-26(33)30-17-13-23-10-5-6-15-29-23)19-22-9-7-16-31-27(22)35-25-12-4-3-11-24(25)34-21-28/h3-7,9-12,15-16H,8,13-14,17-21H2,1-2H3,(H,30,33). The average Bonchev–Trinajstić information content (AvgIpc) is 2.85. The minimum absolute atomic E-state index is 0.00421. The quantitative estimate of drug-likeness (QED) is 0.581. The van der Waals surface area contributed by atoms with Crippen LogP contribution in [0.3, 0.4) is 0 Å². The molecule has 1 aliphatic rings. The van der Waals surface area contributed by atoms with E-state index in [0.717, 1.165) is 30.6 Å². The lowest BCUT2D eigenvalue weighted by atomic mass is 9.88. The highest BCUT2D eigenvalue weighted by Gasteiger charge is 2.23. The van der Waals surface area contributed by atoms with Gasteiger partial charge in [-0.25, -0.2) is 4.98 Å². The first-order valence-corrected chi connectivity index (χ1v) is 12.2. The molecule has 0 fully saturated rings. The molecule has 7 nitrogen and oxygen atoms in total. The normalized spacial score (nSPS) is 16.2. The van der Waals surface area contributed by atoms with Gasteiger partial charge in [-0.05, 0) is 55.1 Å². The Morgan fingerprint density at radius 3 is 2.66 bits per heavy atom. The van der Waals surface area contributed by atoms with Crippen LogP contribution in [0.25, 0.3) is 0 Å². The molecule has 1 N–H and O–H groups in total. The number of hydrogen-bond acceptors (Lipinski definition) is 6. The summed E-state index contributed by atoms with van der Waals surface area (Å²) in [4.78, 5) is 23.8. The number of benzene rings is 1. The molecule has 35 heavy (non-hydrogen) atoms. The maximum atomic E-state index is 12.8. The average molecular weight is 475 g/mol.